The quantitative estimate of drug-likeness (QED) is 0.562. The molecule has 1 nitrogen and oxygen atoms in total. The molecule has 11 heavy (non-hydrogen) atoms. The highest BCUT2D eigenvalue weighted by atomic mass is 19.1. The van der Waals surface area contributed by atoms with E-state index in [4.69, 9.17) is 0 Å². The van der Waals surface area contributed by atoms with E-state index < -0.39 is 6.17 Å². The summed E-state index contributed by atoms with van der Waals surface area (Å²) < 4.78 is 13.5. The minimum atomic E-state index is -0.546. The third kappa shape index (κ3) is 0.851. The average Bonchev–Trinajstić information content (AvgIpc) is 2.53. The Bertz CT molecular complexity index is 160. The SMILES string of the molecule is CCC12CCCN1CCC2F. The van der Waals surface area contributed by atoms with Crippen molar-refractivity contribution in [1.29, 1.82) is 0 Å². The zero-order valence-corrected chi connectivity index (χ0v) is 7.15. The highest BCUT2D eigenvalue weighted by Crippen LogP contribution is 2.42. The molecule has 0 bridgehead atoms. The third-order valence-electron chi connectivity index (χ3n) is 3.52. The monoisotopic (exact) mass is 157 g/mol. The van der Waals surface area contributed by atoms with Crippen LogP contribution < -0.4 is 0 Å². The Hall–Kier alpha value is -0.110. The molecule has 0 N–H and O–H groups in total. The fourth-order valence-electron chi connectivity index (χ4n) is 2.81. The van der Waals surface area contributed by atoms with Crippen LogP contribution in [0, 0.1) is 0 Å². The second kappa shape index (κ2) is 2.44. The molecule has 2 heteroatoms. The molecule has 2 aliphatic rings. The molecule has 2 atom stereocenters. The van der Waals surface area contributed by atoms with Crippen molar-refractivity contribution in [2.45, 2.75) is 44.3 Å². The van der Waals surface area contributed by atoms with Gasteiger partial charge in [-0.25, -0.2) is 4.39 Å². The molecule has 64 valence electrons. The van der Waals surface area contributed by atoms with E-state index in [9.17, 15) is 4.39 Å². The summed E-state index contributed by atoms with van der Waals surface area (Å²) in [5.41, 5.74) is -0.0278. The zero-order valence-electron chi connectivity index (χ0n) is 7.15. The first kappa shape index (κ1) is 7.53. The molecule has 2 heterocycles. The summed E-state index contributed by atoms with van der Waals surface area (Å²) in [7, 11) is 0. The molecule has 2 aliphatic heterocycles. The first-order chi connectivity index (χ1) is 5.29. The molecule has 2 rings (SSSR count). The van der Waals surface area contributed by atoms with E-state index in [0.29, 0.717) is 0 Å². The van der Waals surface area contributed by atoms with Gasteiger partial charge in [0, 0.05) is 6.54 Å². The first-order valence-corrected chi connectivity index (χ1v) is 4.69. The number of nitrogens with zero attached hydrogens (tertiary/aromatic N) is 1. The Morgan fingerprint density at radius 3 is 3.00 bits per heavy atom. The van der Waals surface area contributed by atoms with Crippen molar-refractivity contribution in [3.05, 3.63) is 0 Å². The van der Waals surface area contributed by atoms with E-state index in [1.165, 1.54) is 6.42 Å². The Kier molecular flexibility index (Phi) is 1.67. The van der Waals surface area contributed by atoms with Crippen LogP contribution in [0.4, 0.5) is 4.39 Å². The van der Waals surface area contributed by atoms with Crippen molar-refractivity contribution >= 4 is 0 Å². The van der Waals surface area contributed by atoms with Gasteiger partial charge < -0.3 is 0 Å². The van der Waals surface area contributed by atoms with Crippen molar-refractivity contribution in [2.24, 2.45) is 0 Å². The maximum absolute atomic E-state index is 13.5. The Balaban J connectivity index is 2.22. The highest BCUT2D eigenvalue weighted by molar-refractivity contribution is 5.05. The highest BCUT2D eigenvalue weighted by Gasteiger charge is 2.50. The molecule has 0 spiro atoms. The summed E-state index contributed by atoms with van der Waals surface area (Å²) in [5, 5.41) is 0. The number of halogens is 1. The summed E-state index contributed by atoms with van der Waals surface area (Å²) >= 11 is 0. The summed E-state index contributed by atoms with van der Waals surface area (Å²) in [6.07, 6.45) is 3.51. The van der Waals surface area contributed by atoms with Gasteiger partial charge in [-0.3, -0.25) is 4.90 Å². The fourth-order valence-corrected chi connectivity index (χ4v) is 2.81. The molecule has 0 aliphatic carbocycles. The van der Waals surface area contributed by atoms with Crippen molar-refractivity contribution in [3.63, 3.8) is 0 Å². The molecular formula is C9H16FN. The molecule has 0 aromatic rings. The van der Waals surface area contributed by atoms with Crippen LogP contribution in [0.3, 0.4) is 0 Å². The molecule has 0 amide bonds. The van der Waals surface area contributed by atoms with Gasteiger partial charge in [0.05, 0.1) is 5.54 Å². The summed E-state index contributed by atoms with van der Waals surface area (Å²) in [6, 6.07) is 0. The lowest BCUT2D eigenvalue weighted by Gasteiger charge is -2.32. The van der Waals surface area contributed by atoms with Gasteiger partial charge in [-0.1, -0.05) is 6.92 Å². The van der Waals surface area contributed by atoms with Gasteiger partial charge in [-0.05, 0) is 32.2 Å². The molecule has 2 saturated heterocycles. The fraction of sp³-hybridized carbons (Fsp3) is 1.00. The molecule has 0 aromatic heterocycles. The molecule has 2 fully saturated rings. The van der Waals surface area contributed by atoms with E-state index in [1.54, 1.807) is 0 Å². The van der Waals surface area contributed by atoms with E-state index in [2.05, 4.69) is 11.8 Å². The smallest absolute Gasteiger partial charge is 0.120 e. The minimum Gasteiger partial charge on any atom is -0.295 e. The zero-order chi connectivity index (χ0) is 7.90. The van der Waals surface area contributed by atoms with Gasteiger partial charge in [-0.2, -0.15) is 0 Å². The second-order valence-corrected chi connectivity index (χ2v) is 3.80. The van der Waals surface area contributed by atoms with Crippen molar-refractivity contribution < 1.29 is 4.39 Å². The van der Waals surface area contributed by atoms with Crippen LogP contribution in [0.2, 0.25) is 0 Å². The topological polar surface area (TPSA) is 3.24 Å². The van der Waals surface area contributed by atoms with Crippen LogP contribution in [0.25, 0.3) is 0 Å². The summed E-state index contributed by atoms with van der Waals surface area (Å²) in [6.45, 7) is 4.25. The summed E-state index contributed by atoms with van der Waals surface area (Å²) in [4.78, 5) is 2.36. The average molecular weight is 157 g/mol. The molecule has 0 saturated carbocycles. The first-order valence-electron chi connectivity index (χ1n) is 4.69. The maximum atomic E-state index is 13.5. The predicted molar refractivity (Wildman–Crippen MR) is 43.3 cm³/mol. The standard InChI is InChI=1S/C9H16FN/c1-2-9-5-3-6-11(9)7-4-8(9)10/h8H,2-7H2,1H3. The van der Waals surface area contributed by atoms with Crippen LogP contribution in [-0.4, -0.2) is 29.7 Å². The van der Waals surface area contributed by atoms with Crippen LogP contribution in [-0.2, 0) is 0 Å². The number of rotatable bonds is 1. The molecule has 0 aromatic carbocycles. The van der Waals surface area contributed by atoms with Gasteiger partial charge in [0.25, 0.3) is 0 Å². The Morgan fingerprint density at radius 1 is 1.55 bits per heavy atom. The molecular weight excluding hydrogens is 141 g/mol. The lowest BCUT2D eigenvalue weighted by Crippen LogP contribution is -2.43. The van der Waals surface area contributed by atoms with E-state index in [0.717, 1.165) is 32.4 Å². The van der Waals surface area contributed by atoms with Crippen LogP contribution in [0.15, 0.2) is 0 Å². The van der Waals surface area contributed by atoms with E-state index in [-0.39, 0.29) is 5.54 Å². The molecule has 0 radical (unpaired) electrons. The normalized spacial score (nSPS) is 44.7. The Labute approximate surface area is 67.6 Å². The van der Waals surface area contributed by atoms with Gasteiger partial charge in [-0.15, -0.1) is 0 Å². The van der Waals surface area contributed by atoms with Crippen LogP contribution in [0.1, 0.15) is 32.6 Å². The van der Waals surface area contributed by atoms with Crippen LogP contribution >= 0.6 is 0 Å². The Morgan fingerprint density at radius 2 is 2.36 bits per heavy atom. The van der Waals surface area contributed by atoms with Crippen molar-refractivity contribution in [3.8, 4) is 0 Å². The van der Waals surface area contributed by atoms with E-state index in [1.807, 2.05) is 0 Å². The van der Waals surface area contributed by atoms with Gasteiger partial charge in [0.15, 0.2) is 0 Å². The van der Waals surface area contributed by atoms with Gasteiger partial charge >= 0.3 is 0 Å². The van der Waals surface area contributed by atoms with Crippen molar-refractivity contribution in [1.82, 2.24) is 4.90 Å². The lowest BCUT2D eigenvalue weighted by molar-refractivity contribution is 0.113. The number of hydrogen-bond acceptors (Lipinski definition) is 1. The van der Waals surface area contributed by atoms with Gasteiger partial charge in [0.1, 0.15) is 6.17 Å². The maximum Gasteiger partial charge on any atom is 0.120 e. The van der Waals surface area contributed by atoms with Crippen LogP contribution in [0.5, 0.6) is 0 Å². The number of fused-ring (bicyclic) bond motifs is 1. The second-order valence-electron chi connectivity index (χ2n) is 3.80. The number of hydrogen-bond donors (Lipinski definition) is 0. The lowest BCUT2D eigenvalue weighted by atomic mass is 9.90. The largest absolute Gasteiger partial charge is 0.295 e. The summed E-state index contributed by atoms with van der Waals surface area (Å²) in [5.74, 6) is 0. The van der Waals surface area contributed by atoms with Crippen molar-refractivity contribution in [2.75, 3.05) is 13.1 Å². The van der Waals surface area contributed by atoms with E-state index >= 15 is 0 Å². The molecule has 2 unspecified atom stereocenters. The minimum absolute atomic E-state index is 0.0278. The predicted octanol–water partition coefficient (Wildman–Crippen LogP) is 1.97. The third-order valence-corrected chi connectivity index (χ3v) is 3.52. The van der Waals surface area contributed by atoms with Gasteiger partial charge in [0.2, 0.25) is 0 Å². The number of alkyl halides is 1.